The Morgan fingerprint density at radius 3 is 2.32 bits per heavy atom. The third-order valence-corrected chi connectivity index (χ3v) is 2.96. The molecular weight excluding hydrogens is 284 g/mol. The van der Waals surface area contributed by atoms with Crippen LogP contribution in [0.4, 0.5) is 11.4 Å². The second kappa shape index (κ2) is 6.62. The number of aromatic hydroxyl groups is 1. The monoisotopic (exact) mass is 300 g/mol. The van der Waals surface area contributed by atoms with E-state index in [2.05, 4.69) is 10.6 Å². The Morgan fingerprint density at radius 2 is 1.64 bits per heavy atom. The Morgan fingerprint density at radius 1 is 1.00 bits per heavy atom. The number of phenols is 1. The molecule has 0 aliphatic heterocycles. The van der Waals surface area contributed by atoms with Gasteiger partial charge in [-0.25, -0.2) is 0 Å². The molecular formula is C16H16N2O4. The summed E-state index contributed by atoms with van der Waals surface area (Å²) in [6.45, 7) is 1.81. The van der Waals surface area contributed by atoms with E-state index in [0.29, 0.717) is 11.4 Å². The number of hydrogen-bond donors (Lipinski definition) is 3. The molecule has 6 heteroatoms. The second-order valence-corrected chi connectivity index (χ2v) is 4.63. The van der Waals surface area contributed by atoms with Crippen LogP contribution in [-0.2, 0) is 9.59 Å². The SMILES string of the molecule is COc1ccccc1NC(=O)C(=O)Nc1cc(C)ccc1O. The van der Waals surface area contributed by atoms with E-state index in [1.807, 2.05) is 6.92 Å². The van der Waals surface area contributed by atoms with Gasteiger partial charge in [-0.05, 0) is 36.8 Å². The van der Waals surface area contributed by atoms with E-state index in [0.717, 1.165) is 5.56 Å². The van der Waals surface area contributed by atoms with Crippen LogP contribution in [0.3, 0.4) is 0 Å². The molecule has 3 N–H and O–H groups in total. The first-order valence-corrected chi connectivity index (χ1v) is 6.56. The lowest BCUT2D eigenvalue weighted by atomic mass is 10.2. The molecule has 0 aliphatic carbocycles. The zero-order valence-electron chi connectivity index (χ0n) is 12.2. The van der Waals surface area contributed by atoms with Crippen LogP contribution >= 0.6 is 0 Å². The van der Waals surface area contributed by atoms with Gasteiger partial charge in [0.2, 0.25) is 0 Å². The van der Waals surface area contributed by atoms with Gasteiger partial charge < -0.3 is 20.5 Å². The minimum absolute atomic E-state index is 0.107. The lowest BCUT2D eigenvalue weighted by Crippen LogP contribution is -2.29. The average Bonchev–Trinajstić information content (AvgIpc) is 2.51. The molecule has 0 aliphatic rings. The van der Waals surface area contributed by atoms with Gasteiger partial charge in [0.1, 0.15) is 11.5 Å². The molecule has 0 saturated carbocycles. The summed E-state index contributed by atoms with van der Waals surface area (Å²) >= 11 is 0. The highest BCUT2D eigenvalue weighted by atomic mass is 16.5. The zero-order chi connectivity index (χ0) is 16.1. The summed E-state index contributed by atoms with van der Waals surface area (Å²) in [5.74, 6) is -1.40. The molecule has 6 nitrogen and oxygen atoms in total. The van der Waals surface area contributed by atoms with Crippen molar-refractivity contribution < 1.29 is 19.4 Å². The number of ether oxygens (including phenoxy) is 1. The Bertz CT molecular complexity index is 713. The number of amides is 2. The molecule has 22 heavy (non-hydrogen) atoms. The molecule has 2 rings (SSSR count). The summed E-state index contributed by atoms with van der Waals surface area (Å²) in [5, 5.41) is 14.5. The van der Waals surface area contributed by atoms with Crippen LogP contribution in [0.2, 0.25) is 0 Å². The number of phenolic OH excluding ortho intramolecular Hbond substituents is 1. The van der Waals surface area contributed by atoms with Gasteiger partial charge in [-0.1, -0.05) is 18.2 Å². The van der Waals surface area contributed by atoms with Crippen molar-refractivity contribution in [2.75, 3.05) is 17.7 Å². The summed E-state index contributed by atoms with van der Waals surface area (Å²) < 4.78 is 5.09. The minimum Gasteiger partial charge on any atom is -0.506 e. The van der Waals surface area contributed by atoms with Crippen molar-refractivity contribution in [3.05, 3.63) is 48.0 Å². The lowest BCUT2D eigenvalue weighted by Gasteiger charge is -2.10. The van der Waals surface area contributed by atoms with Crippen LogP contribution < -0.4 is 15.4 Å². The normalized spacial score (nSPS) is 9.91. The topological polar surface area (TPSA) is 87.7 Å². The second-order valence-electron chi connectivity index (χ2n) is 4.63. The third-order valence-electron chi connectivity index (χ3n) is 2.96. The number of nitrogens with one attached hydrogen (secondary N) is 2. The molecule has 2 amide bonds. The van der Waals surface area contributed by atoms with Gasteiger partial charge in [-0.15, -0.1) is 0 Å². The number of carbonyl (C=O) groups excluding carboxylic acids is 2. The van der Waals surface area contributed by atoms with Gasteiger partial charge in [-0.2, -0.15) is 0 Å². The Kier molecular flexibility index (Phi) is 4.63. The Labute approximate surface area is 127 Å². The van der Waals surface area contributed by atoms with Gasteiger partial charge in [0.05, 0.1) is 18.5 Å². The van der Waals surface area contributed by atoms with Crippen molar-refractivity contribution in [2.24, 2.45) is 0 Å². The number of aryl methyl sites for hydroxylation is 1. The number of carbonyl (C=O) groups is 2. The summed E-state index contributed by atoms with van der Waals surface area (Å²) in [6.07, 6.45) is 0. The maximum absolute atomic E-state index is 11.9. The maximum atomic E-state index is 11.9. The standard InChI is InChI=1S/C16H16N2O4/c1-10-7-8-13(19)12(9-10)18-16(21)15(20)17-11-5-3-4-6-14(11)22-2/h3-9,19H,1-2H3,(H,17,20)(H,18,21). The van der Waals surface area contributed by atoms with Gasteiger partial charge in [0.25, 0.3) is 0 Å². The maximum Gasteiger partial charge on any atom is 0.314 e. The predicted octanol–water partition coefficient (Wildman–Crippen LogP) is 2.29. The van der Waals surface area contributed by atoms with Crippen molar-refractivity contribution in [1.82, 2.24) is 0 Å². The molecule has 0 aromatic heterocycles. The van der Waals surface area contributed by atoms with Crippen LogP contribution in [0.25, 0.3) is 0 Å². The molecule has 0 bridgehead atoms. The molecule has 0 saturated heterocycles. The first-order valence-electron chi connectivity index (χ1n) is 6.56. The van der Waals surface area contributed by atoms with E-state index < -0.39 is 11.8 Å². The van der Waals surface area contributed by atoms with Crippen LogP contribution in [-0.4, -0.2) is 24.0 Å². The van der Waals surface area contributed by atoms with Crippen LogP contribution in [0.1, 0.15) is 5.56 Å². The van der Waals surface area contributed by atoms with Gasteiger partial charge >= 0.3 is 11.8 Å². The molecule has 0 atom stereocenters. The zero-order valence-corrected chi connectivity index (χ0v) is 12.2. The van der Waals surface area contributed by atoms with Gasteiger partial charge in [-0.3, -0.25) is 9.59 Å². The number of benzene rings is 2. The van der Waals surface area contributed by atoms with Gasteiger partial charge in [0, 0.05) is 0 Å². The van der Waals surface area contributed by atoms with E-state index in [1.54, 1.807) is 36.4 Å². The highest BCUT2D eigenvalue weighted by Crippen LogP contribution is 2.25. The number of rotatable bonds is 3. The number of anilines is 2. The first-order chi connectivity index (χ1) is 10.5. The fourth-order valence-corrected chi connectivity index (χ4v) is 1.86. The predicted molar refractivity (Wildman–Crippen MR) is 83.1 cm³/mol. The summed E-state index contributed by atoms with van der Waals surface area (Å²) in [5.41, 5.74) is 1.41. The van der Waals surface area contributed by atoms with E-state index in [1.165, 1.54) is 13.2 Å². The van der Waals surface area contributed by atoms with Crippen LogP contribution in [0.15, 0.2) is 42.5 Å². The molecule has 0 spiro atoms. The van der Waals surface area contributed by atoms with Crippen molar-refractivity contribution in [3.8, 4) is 11.5 Å². The van der Waals surface area contributed by atoms with E-state index in [4.69, 9.17) is 4.74 Å². The number of methoxy groups -OCH3 is 1. The third kappa shape index (κ3) is 3.54. The highest BCUT2D eigenvalue weighted by Gasteiger charge is 2.17. The largest absolute Gasteiger partial charge is 0.506 e. The Balaban J connectivity index is 2.09. The summed E-state index contributed by atoms with van der Waals surface area (Å²) in [4.78, 5) is 23.8. The van der Waals surface area contributed by atoms with Crippen molar-refractivity contribution in [2.45, 2.75) is 6.92 Å². The Hall–Kier alpha value is -3.02. The average molecular weight is 300 g/mol. The van der Waals surface area contributed by atoms with E-state index >= 15 is 0 Å². The quantitative estimate of drug-likeness (QED) is 0.599. The number of hydrogen-bond acceptors (Lipinski definition) is 4. The van der Waals surface area contributed by atoms with Gasteiger partial charge in [0.15, 0.2) is 0 Å². The fraction of sp³-hybridized carbons (Fsp3) is 0.125. The lowest BCUT2D eigenvalue weighted by molar-refractivity contribution is -0.133. The molecule has 0 unspecified atom stereocenters. The summed E-state index contributed by atoms with van der Waals surface area (Å²) in [7, 11) is 1.47. The molecule has 0 fully saturated rings. The minimum atomic E-state index is -0.883. The fourth-order valence-electron chi connectivity index (χ4n) is 1.86. The van der Waals surface area contributed by atoms with E-state index in [-0.39, 0.29) is 11.4 Å². The highest BCUT2D eigenvalue weighted by molar-refractivity contribution is 6.43. The molecule has 114 valence electrons. The first kappa shape index (κ1) is 15.4. The van der Waals surface area contributed by atoms with Crippen LogP contribution in [0, 0.1) is 6.92 Å². The summed E-state index contributed by atoms with van der Waals surface area (Å²) in [6, 6.07) is 11.5. The van der Waals surface area contributed by atoms with Crippen molar-refractivity contribution in [3.63, 3.8) is 0 Å². The van der Waals surface area contributed by atoms with Crippen molar-refractivity contribution in [1.29, 1.82) is 0 Å². The van der Waals surface area contributed by atoms with Crippen molar-refractivity contribution >= 4 is 23.2 Å². The van der Waals surface area contributed by atoms with E-state index in [9.17, 15) is 14.7 Å². The molecule has 0 heterocycles. The number of para-hydroxylation sites is 2. The molecule has 2 aromatic rings. The molecule has 0 radical (unpaired) electrons. The smallest absolute Gasteiger partial charge is 0.314 e. The molecule has 2 aromatic carbocycles. The van der Waals surface area contributed by atoms with Crippen LogP contribution in [0.5, 0.6) is 11.5 Å².